The summed E-state index contributed by atoms with van der Waals surface area (Å²) in [6.07, 6.45) is 0. The first-order chi connectivity index (χ1) is 5.00. The Morgan fingerprint density at radius 1 is 0.417 bits per heavy atom. The second-order valence-corrected chi connectivity index (χ2v) is 0. The van der Waals surface area contributed by atoms with Crippen molar-refractivity contribution in [2.24, 2.45) is 0 Å². The van der Waals surface area contributed by atoms with Crippen LogP contribution in [0.25, 0.3) is 0 Å². The van der Waals surface area contributed by atoms with Gasteiger partial charge in [-0.25, -0.2) is 0 Å². The van der Waals surface area contributed by atoms with Gasteiger partial charge in [0.25, 0.3) is 0 Å². The summed E-state index contributed by atoms with van der Waals surface area (Å²) in [4.78, 5) is 40.0. The third-order valence-electron chi connectivity index (χ3n) is 0. The first kappa shape index (κ1) is 67.5. The molecule has 0 aliphatic heterocycles. The predicted molar refractivity (Wildman–Crippen MR) is 45.5 cm³/mol. The number of rotatable bonds is 0. The van der Waals surface area contributed by atoms with Crippen LogP contribution in [0.1, 0.15) is 0 Å². The molecular formula is C5H13MnO5Si. The molecule has 0 aliphatic carbocycles. The van der Waals surface area contributed by atoms with Crippen molar-refractivity contribution in [3.8, 4) is 0 Å². The fourth-order valence-electron chi connectivity index (χ4n) is 0. The number of hydrogen-bond donors (Lipinski definition) is 0. The SMILES string of the molecule is C=O.C=O.C=O.C=O.C=O.[Mn].[SiH3]. The Morgan fingerprint density at radius 2 is 0.417 bits per heavy atom. The summed E-state index contributed by atoms with van der Waals surface area (Å²) >= 11 is 0. The average molecular weight is 236 g/mol. The van der Waals surface area contributed by atoms with Gasteiger partial charge in [-0.15, -0.1) is 0 Å². The van der Waals surface area contributed by atoms with Crippen LogP contribution >= 0.6 is 0 Å². The minimum Gasteiger partial charge on any atom is -0.307 e. The molecule has 0 fully saturated rings. The van der Waals surface area contributed by atoms with E-state index in [1.165, 1.54) is 0 Å². The zero-order chi connectivity index (χ0) is 10.0. The van der Waals surface area contributed by atoms with Crippen molar-refractivity contribution in [3.63, 3.8) is 0 Å². The maximum atomic E-state index is 8.00. The molecule has 0 heterocycles. The molecule has 74 valence electrons. The molecule has 0 N–H and O–H groups in total. The van der Waals surface area contributed by atoms with Gasteiger partial charge in [0.05, 0.1) is 0 Å². The van der Waals surface area contributed by atoms with Gasteiger partial charge >= 0.3 is 0 Å². The molecule has 0 aromatic rings. The van der Waals surface area contributed by atoms with Crippen LogP contribution in [0, 0.1) is 0 Å². The topological polar surface area (TPSA) is 85.3 Å². The van der Waals surface area contributed by atoms with E-state index in [0.717, 1.165) is 0 Å². The van der Waals surface area contributed by atoms with E-state index in [1.54, 1.807) is 0 Å². The van der Waals surface area contributed by atoms with Gasteiger partial charge in [0.15, 0.2) is 0 Å². The Bertz CT molecular complexity index is 31.4. The van der Waals surface area contributed by atoms with E-state index in [9.17, 15) is 0 Å². The second-order valence-electron chi connectivity index (χ2n) is 0. The van der Waals surface area contributed by atoms with E-state index in [0.29, 0.717) is 0 Å². The van der Waals surface area contributed by atoms with E-state index in [2.05, 4.69) is 0 Å². The maximum Gasteiger partial charge on any atom is 0.106 e. The molecule has 0 atom stereocenters. The molecule has 0 saturated carbocycles. The number of carbonyl (C=O) groups excluding carboxylic acids is 5. The van der Waals surface area contributed by atoms with Crippen LogP contribution < -0.4 is 0 Å². The first-order valence-corrected chi connectivity index (χ1v) is 1.44. The summed E-state index contributed by atoms with van der Waals surface area (Å²) < 4.78 is 0. The van der Waals surface area contributed by atoms with E-state index in [1.807, 2.05) is 33.9 Å². The molecule has 5 nitrogen and oxygen atoms in total. The van der Waals surface area contributed by atoms with Crippen LogP contribution in [0.4, 0.5) is 0 Å². The zero-order valence-electron chi connectivity index (χ0n) is 6.95. The van der Waals surface area contributed by atoms with E-state index in [-0.39, 0.29) is 28.0 Å². The van der Waals surface area contributed by atoms with Crippen molar-refractivity contribution in [1.29, 1.82) is 0 Å². The number of carbonyl (C=O) groups is 5. The minimum absolute atomic E-state index is 0. The summed E-state index contributed by atoms with van der Waals surface area (Å²) in [6.45, 7) is 10.0. The summed E-state index contributed by atoms with van der Waals surface area (Å²) in [7, 11) is 0. The van der Waals surface area contributed by atoms with Gasteiger partial charge in [-0.05, 0) is 11.0 Å². The molecule has 0 aromatic heterocycles. The smallest absolute Gasteiger partial charge is 0.106 e. The van der Waals surface area contributed by atoms with Crippen molar-refractivity contribution in [3.05, 3.63) is 0 Å². The van der Waals surface area contributed by atoms with Crippen molar-refractivity contribution >= 4 is 44.9 Å². The summed E-state index contributed by atoms with van der Waals surface area (Å²) in [6, 6.07) is 0. The van der Waals surface area contributed by atoms with Gasteiger partial charge in [0.1, 0.15) is 33.9 Å². The Kier molecular flexibility index (Phi) is 5620. The van der Waals surface area contributed by atoms with Crippen LogP contribution in [-0.4, -0.2) is 44.9 Å². The average Bonchev–Trinajstić information content (AvgIpc) is 2.20. The summed E-state index contributed by atoms with van der Waals surface area (Å²) in [5, 5.41) is 0. The van der Waals surface area contributed by atoms with Crippen LogP contribution in [0.3, 0.4) is 0 Å². The summed E-state index contributed by atoms with van der Waals surface area (Å²) in [5.74, 6) is 0. The predicted octanol–water partition coefficient (Wildman–Crippen LogP) is -2.11. The third kappa shape index (κ3) is 712. The van der Waals surface area contributed by atoms with Crippen LogP contribution in [0.5, 0.6) is 0 Å². The largest absolute Gasteiger partial charge is 0.307 e. The molecule has 0 aromatic carbocycles. The fraction of sp³-hybridized carbons (Fsp3) is 0. The maximum absolute atomic E-state index is 8.00. The molecule has 0 rings (SSSR count). The first-order valence-electron chi connectivity index (χ1n) is 1.44. The van der Waals surface area contributed by atoms with Gasteiger partial charge in [-0.1, -0.05) is 0 Å². The molecule has 0 bridgehead atoms. The van der Waals surface area contributed by atoms with Gasteiger partial charge in [-0.3, -0.25) is 0 Å². The Hall–Kier alpha value is -0.914. The molecule has 0 aliphatic rings. The van der Waals surface area contributed by atoms with Crippen molar-refractivity contribution in [1.82, 2.24) is 0 Å². The monoisotopic (exact) mass is 236 g/mol. The van der Waals surface area contributed by atoms with Crippen molar-refractivity contribution in [2.75, 3.05) is 0 Å². The van der Waals surface area contributed by atoms with Gasteiger partial charge in [0, 0.05) is 17.1 Å². The molecule has 0 saturated heterocycles. The molecular weight excluding hydrogens is 223 g/mol. The van der Waals surface area contributed by atoms with Gasteiger partial charge in [-0.2, -0.15) is 0 Å². The van der Waals surface area contributed by atoms with Gasteiger partial charge < -0.3 is 24.0 Å². The minimum atomic E-state index is 0. The molecule has 7 heteroatoms. The molecule has 12 heavy (non-hydrogen) atoms. The Morgan fingerprint density at radius 3 is 0.417 bits per heavy atom. The Balaban J connectivity index is -0.00000000500. The van der Waals surface area contributed by atoms with E-state index >= 15 is 0 Å². The molecule has 0 unspecified atom stereocenters. The van der Waals surface area contributed by atoms with E-state index in [4.69, 9.17) is 24.0 Å². The molecule has 0 amide bonds. The van der Waals surface area contributed by atoms with Crippen molar-refractivity contribution < 1.29 is 41.0 Å². The standard InChI is InChI=1S/5CH2O.Mn.H3Si/c5*1-2;;/h5*1H2;;1H3. The van der Waals surface area contributed by atoms with Crippen molar-refractivity contribution in [2.45, 2.75) is 0 Å². The fourth-order valence-corrected chi connectivity index (χ4v) is 0. The second kappa shape index (κ2) is 998. The molecule has 2 radical (unpaired) electrons. The normalized spacial score (nSPS) is 1.67. The van der Waals surface area contributed by atoms with Crippen LogP contribution in [-0.2, 0) is 41.0 Å². The Labute approximate surface area is 86.4 Å². The van der Waals surface area contributed by atoms with Crippen LogP contribution in [0.2, 0.25) is 0 Å². The molecule has 0 spiro atoms. The number of hydrogen-bond acceptors (Lipinski definition) is 5. The third-order valence-corrected chi connectivity index (χ3v) is 0. The van der Waals surface area contributed by atoms with Crippen LogP contribution in [0.15, 0.2) is 0 Å². The van der Waals surface area contributed by atoms with Gasteiger partial charge in [0.2, 0.25) is 0 Å². The van der Waals surface area contributed by atoms with E-state index < -0.39 is 0 Å². The summed E-state index contributed by atoms with van der Waals surface area (Å²) in [5.41, 5.74) is 0. The quantitative estimate of drug-likeness (QED) is 0.449. The zero-order valence-corrected chi connectivity index (χ0v) is 10.1.